The molecule has 0 atom stereocenters. The number of hydrazine groups is 1. The summed E-state index contributed by atoms with van der Waals surface area (Å²) in [6.07, 6.45) is 0. The molecule has 0 saturated carbocycles. The smallest absolute Gasteiger partial charge is 0.268 e. The average molecular weight is 550 g/mol. The third-order valence-corrected chi connectivity index (χ3v) is 7.58. The minimum absolute atomic E-state index is 0.0350. The second-order valence-electron chi connectivity index (χ2n) is 9.47. The zero-order valence-corrected chi connectivity index (χ0v) is 23.4. The quantitative estimate of drug-likeness (QED) is 0.296. The van der Waals surface area contributed by atoms with E-state index in [-0.39, 0.29) is 30.6 Å². The number of thiazole rings is 1. The number of nitrogens with zero attached hydrogens (tertiary/aromatic N) is 4. The van der Waals surface area contributed by atoms with Crippen molar-refractivity contribution in [3.8, 4) is 10.6 Å². The Kier molecular flexibility index (Phi) is 9.28. The first-order valence-corrected chi connectivity index (χ1v) is 13.8. The molecule has 3 amide bonds. The third-order valence-electron chi connectivity index (χ3n) is 6.68. The predicted molar refractivity (Wildman–Crippen MR) is 153 cm³/mol. The van der Waals surface area contributed by atoms with Crippen molar-refractivity contribution < 1.29 is 14.4 Å². The molecule has 39 heavy (non-hydrogen) atoms. The molecule has 0 saturated heterocycles. The lowest BCUT2D eigenvalue weighted by molar-refractivity contribution is -0.145. The predicted octanol–water partition coefficient (Wildman–Crippen LogP) is 2.14. The number of nitrogens with one attached hydrogen (secondary N) is 2. The maximum atomic E-state index is 13.5. The summed E-state index contributed by atoms with van der Waals surface area (Å²) < 4.78 is 0. The summed E-state index contributed by atoms with van der Waals surface area (Å²) in [5.41, 5.74) is 10.5. The maximum absolute atomic E-state index is 13.5. The van der Waals surface area contributed by atoms with Crippen molar-refractivity contribution in [3.05, 3.63) is 70.2 Å². The Labute approximate surface area is 232 Å². The molecule has 0 fully saturated rings. The Balaban J connectivity index is 1.51. The number of carbonyl (C=O) groups is 3. The second kappa shape index (κ2) is 12.8. The molecule has 11 heteroatoms. The van der Waals surface area contributed by atoms with Crippen molar-refractivity contribution in [1.29, 1.82) is 0 Å². The van der Waals surface area contributed by atoms with E-state index in [0.29, 0.717) is 31.2 Å². The number of carbonyl (C=O) groups excluding carboxylic acids is 3. The minimum atomic E-state index is -0.569. The lowest BCUT2D eigenvalue weighted by Gasteiger charge is -2.32. The average Bonchev–Trinajstić information content (AvgIpc) is 3.58. The van der Waals surface area contributed by atoms with Crippen LogP contribution in [0.25, 0.3) is 10.6 Å². The van der Waals surface area contributed by atoms with Crippen LogP contribution in [0.1, 0.15) is 34.1 Å². The molecule has 0 bridgehead atoms. The number of fused-ring (bicyclic) bond motifs is 1. The van der Waals surface area contributed by atoms with E-state index in [1.807, 2.05) is 49.2 Å². The van der Waals surface area contributed by atoms with Crippen LogP contribution in [0.3, 0.4) is 0 Å². The molecule has 3 aromatic rings. The third kappa shape index (κ3) is 6.99. The lowest BCUT2D eigenvalue weighted by atomic mass is 10.1. The van der Waals surface area contributed by atoms with Crippen molar-refractivity contribution in [1.82, 2.24) is 25.6 Å². The zero-order chi connectivity index (χ0) is 27.9. The Hall–Kier alpha value is -3.80. The van der Waals surface area contributed by atoms with Crippen LogP contribution in [0.4, 0.5) is 5.69 Å². The van der Waals surface area contributed by atoms with Crippen molar-refractivity contribution >= 4 is 34.7 Å². The Bertz CT molecular complexity index is 1320. The molecule has 0 aliphatic carbocycles. The SMILES string of the molecule is CCNCCNC(=O)CN(CC(=O)N(C)N1Cc2ccccc2C1)c1ccc(-c2nc(C(N)=O)cs2)cc1C. The molecular formula is C28H35N7O3S. The summed E-state index contributed by atoms with van der Waals surface area (Å²) in [7, 11) is 1.78. The number of amides is 3. The molecule has 2 aromatic carbocycles. The summed E-state index contributed by atoms with van der Waals surface area (Å²) in [4.78, 5) is 43.9. The van der Waals surface area contributed by atoms with Crippen LogP contribution in [0.15, 0.2) is 47.8 Å². The monoisotopic (exact) mass is 549 g/mol. The fourth-order valence-electron chi connectivity index (χ4n) is 4.54. The molecule has 4 N–H and O–H groups in total. The van der Waals surface area contributed by atoms with Gasteiger partial charge in [0.05, 0.1) is 13.1 Å². The highest BCUT2D eigenvalue weighted by atomic mass is 32.1. The summed E-state index contributed by atoms with van der Waals surface area (Å²) in [6.45, 7) is 7.35. The van der Waals surface area contributed by atoms with E-state index >= 15 is 0 Å². The van der Waals surface area contributed by atoms with Gasteiger partial charge in [-0.1, -0.05) is 31.2 Å². The van der Waals surface area contributed by atoms with E-state index in [1.165, 1.54) is 22.5 Å². The van der Waals surface area contributed by atoms with Crippen LogP contribution in [-0.2, 0) is 22.7 Å². The van der Waals surface area contributed by atoms with Gasteiger partial charge in [-0.15, -0.1) is 11.3 Å². The molecule has 4 rings (SSSR count). The van der Waals surface area contributed by atoms with E-state index in [9.17, 15) is 14.4 Å². The Morgan fingerprint density at radius 2 is 1.79 bits per heavy atom. The van der Waals surface area contributed by atoms with Crippen molar-refractivity contribution in [2.45, 2.75) is 26.9 Å². The molecule has 1 aliphatic rings. The van der Waals surface area contributed by atoms with Gasteiger partial charge in [-0.3, -0.25) is 19.4 Å². The molecule has 206 valence electrons. The molecule has 10 nitrogen and oxygen atoms in total. The lowest BCUT2D eigenvalue weighted by Crippen LogP contribution is -2.48. The Morgan fingerprint density at radius 1 is 1.08 bits per heavy atom. The number of aromatic nitrogens is 1. The number of nitrogens with two attached hydrogens (primary N) is 1. The molecule has 0 radical (unpaired) electrons. The fourth-order valence-corrected chi connectivity index (χ4v) is 5.34. The van der Waals surface area contributed by atoms with Gasteiger partial charge in [-0.05, 0) is 48.4 Å². The summed E-state index contributed by atoms with van der Waals surface area (Å²) in [6, 6.07) is 13.9. The number of rotatable bonds is 12. The van der Waals surface area contributed by atoms with Crippen LogP contribution in [-0.4, -0.2) is 72.5 Å². The van der Waals surface area contributed by atoms with E-state index in [4.69, 9.17) is 5.73 Å². The molecule has 2 heterocycles. The standard InChI is InChI=1S/C28H35N7O3S/c1-4-30-11-12-31-25(36)16-34(17-26(37)33(3)35-14-21-7-5-6-8-22(21)15-35)24-10-9-20(13-19(24)2)28-32-23(18-39-28)27(29)38/h5-10,13,18,30H,4,11-12,14-17H2,1-3H3,(H2,29,38)(H,31,36). The van der Waals surface area contributed by atoms with Crippen LogP contribution >= 0.6 is 11.3 Å². The second-order valence-corrected chi connectivity index (χ2v) is 10.3. The van der Waals surface area contributed by atoms with Gasteiger partial charge in [-0.25, -0.2) is 9.99 Å². The van der Waals surface area contributed by atoms with Gasteiger partial charge in [0.15, 0.2) is 0 Å². The van der Waals surface area contributed by atoms with E-state index in [0.717, 1.165) is 23.4 Å². The molecule has 0 spiro atoms. The first-order chi connectivity index (χ1) is 18.8. The van der Waals surface area contributed by atoms with Gasteiger partial charge in [0.25, 0.3) is 11.8 Å². The largest absolute Gasteiger partial charge is 0.364 e. The van der Waals surface area contributed by atoms with E-state index < -0.39 is 5.91 Å². The van der Waals surface area contributed by atoms with Crippen LogP contribution in [0, 0.1) is 6.92 Å². The number of aryl methyl sites for hydroxylation is 1. The molecular weight excluding hydrogens is 514 g/mol. The van der Waals surface area contributed by atoms with Gasteiger partial charge in [0, 0.05) is 49.9 Å². The number of hydrogen-bond acceptors (Lipinski definition) is 8. The van der Waals surface area contributed by atoms with Gasteiger partial charge in [-0.2, -0.15) is 0 Å². The first kappa shape index (κ1) is 28.2. The van der Waals surface area contributed by atoms with Crippen LogP contribution < -0.4 is 21.3 Å². The van der Waals surface area contributed by atoms with Crippen molar-refractivity contribution in [2.24, 2.45) is 5.73 Å². The fraction of sp³-hybridized carbons (Fsp3) is 0.357. The molecule has 0 unspecified atom stereocenters. The van der Waals surface area contributed by atoms with Crippen LogP contribution in [0.2, 0.25) is 0 Å². The first-order valence-electron chi connectivity index (χ1n) is 12.9. The molecule has 1 aliphatic heterocycles. The zero-order valence-electron chi connectivity index (χ0n) is 22.6. The number of likely N-dealkylation sites (N-methyl/N-ethyl adjacent to an activating group) is 2. The highest BCUT2D eigenvalue weighted by Gasteiger charge is 2.27. The topological polar surface area (TPSA) is 124 Å². The molecule has 1 aromatic heterocycles. The van der Waals surface area contributed by atoms with Gasteiger partial charge in [0.2, 0.25) is 5.91 Å². The number of anilines is 1. The number of benzene rings is 2. The van der Waals surface area contributed by atoms with Gasteiger partial charge < -0.3 is 21.3 Å². The van der Waals surface area contributed by atoms with Crippen LogP contribution in [0.5, 0.6) is 0 Å². The maximum Gasteiger partial charge on any atom is 0.268 e. The van der Waals surface area contributed by atoms with Gasteiger partial charge in [0.1, 0.15) is 10.7 Å². The highest BCUT2D eigenvalue weighted by molar-refractivity contribution is 7.13. The highest BCUT2D eigenvalue weighted by Crippen LogP contribution is 2.30. The van der Waals surface area contributed by atoms with E-state index in [1.54, 1.807) is 22.3 Å². The number of hydrogen-bond donors (Lipinski definition) is 3. The number of primary amides is 1. The Morgan fingerprint density at radius 3 is 2.41 bits per heavy atom. The van der Waals surface area contributed by atoms with Crippen molar-refractivity contribution in [2.75, 3.05) is 44.7 Å². The minimum Gasteiger partial charge on any atom is -0.364 e. The van der Waals surface area contributed by atoms with Crippen molar-refractivity contribution in [3.63, 3.8) is 0 Å². The summed E-state index contributed by atoms with van der Waals surface area (Å²) in [5.74, 6) is -0.843. The summed E-state index contributed by atoms with van der Waals surface area (Å²) in [5, 5.41) is 12.1. The summed E-state index contributed by atoms with van der Waals surface area (Å²) >= 11 is 1.34. The van der Waals surface area contributed by atoms with Gasteiger partial charge >= 0.3 is 0 Å². The van der Waals surface area contributed by atoms with E-state index in [2.05, 4.69) is 27.8 Å². The normalized spacial score (nSPS) is 12.7.